The summed E-state index contributed by atoms with van der Waals surface area (Å²) in [5.41, 5.74) is 7.34. The lowest BCUT2D eigenvalue weighted by molar-refractivity contribution is 0.788. The van der Waals surface area contributed by atoms with Crippen molar-refractivity contribution in [1.29, 1.82) is 0 Å². The van der Waals surface area contributed by atoms with Gasteiger partial charge in [0.2, 0.25) is 0 Å². The highest BCUT2D eigenvalue weighted by Gasteiger charge is 2.05. The Morgan fingerprint density at radius 2 is 2.29 bits per heavy atom. The number of imidazole rings is 1. The van der Waals surface area contributed by atoms with Gasteiger partial charge in [0.25, 0.3) is 0 Å². The van der Waals surface area contributed by atoms with E-state index in [1.54, 1.807) is 6.20 Å². The fourth-order valence-corrected chi connectivity index (χ4v) is 1.42. The van der Waals surface area contributed by atoms with Crippen molar-refractivity contribution in [3.05, 3.63) is 24.2 Å². The fourth-order valence-electron chi connectivity index (χ4n) is 1.42. The molecular weight excluding hydrogens is 200 g/mol. The molecule has 0 aliphatic heterocycles. The summed E-state index contributed by atoms with van der Waals surface area (Å²) in [5.74, 6) is 0.996. The third kappa shape index (κ3) is 1.71. The highest BCUT2D eigenvalue weighted by molar-refractivity contribution is 5.85. The quantitative estimate of drug-likeness (QED) is 0.805. The molecule has 5 heteroatoms. The lowest BCUT2D eigenvalue weighted by Gasteiger charge is -1.97. The molecule has 0 spiro atoms. The topological polar surface area (TPSA) is 56.7 Å². The summed E-state index contributed by atoms with van der Waals surface area (Å²) in [6.07, 6.45) is 2.57. The van der Waals surface area contributed by atoms with Crippen molar-refractivity contribution >= 4 is 23.6 Å². The van der Waals surface area contributed by atoms with Gasteiger partial charge in [-0.25, -0.2) is 9.97 Å². The van der Waals surface area contributed by atoms with Crippen molar-refractivity contribution in [1.82, 2.24) is 14.5 Å². The van der Waals surface area contributed by atoms with E-state index in [0.29, 0.717) is 6.54 Å². The molecule has 0 fully saturated rings. The van der Waals surface area contributed by atoms with Crippen molar-refractivity contribution in [2.45, 2.75) is 6.42 Å². The Morgan fingerprint density at radius 1 is 1.50 bits per heavy atom. The van der Waals surface area contributed by atoms with Crippen molar-refractivity contribution in [2.24, 2.45) is 12.8 Å². The van der Waals surface area contributed by atoms with Gasteiger partial charge in [-0.3, -0.25) is 0 Å². The number of pyridine rings is 1. The molecule has 0 bridgehead atoms. The summed E-state index contributed by atoms with van der Waals surface area (Å²) in [7, 11) is 1.97. The molecule has 4 nitrogen and oxygen atoms in total. The van der Waals surface area contributed by atoms with Crippen LogP contribution in [-0.2, 0) is 13.5 Å². The summed E-state index contributed by atoms with van der Waals surface area (Å²) in [6.45, 7) is 0.622. The van der Waals surface area contributed by atoms with Crippen LogP contribution in [-0.4, -0.2) is 21.1 Å². The zero-order chi connectivity index (χ0) is 9.26. The van der Waals surface area contributed by atoms with Crippen molar-refractivity contribution < 1.29 is 0 Å². The average molecular weight is 213 g/mol. The first-order valence-corrected chi connectivity index (χ1v) is 4.29. The monoisotopic (exact) mass is 212 g/mol. The molecule has 0 aliphatic carbocycles. The van der Waals surface area contributed by atoms with Gasteiger partial charge in [-0.2, -0.15) is 0 Å². The minimum Gasteiger partial charge on any atom is -0.330 e. The fraction of sp³-hybridized carbons (Fsp3) is 0.333. The summed E-state index contributed by atoms with van der Waals surface area (Å²) >= 11 is 0. The number of hydrogen-bond acceptors (Lipinski definition) is 3. The van der Waals surface area contributed by atoms with Crippen molar-refractivity contribution in [3.63, 3.8) is 0 Å². The highest BCUT2D eigenvalue weighted by Crippen LogP contribution is 2.11. The summed E-state index contributed by atoms with van der Waals surface area (Å²) in [4.78, 5) is 8.67. The molecule has 0 unspecified atom stereocenters. The van der Waals surface area contributed by atoms with E-state index < -0.39 is 0 Å². The summed E-state index contributed by atoms with van der Waals surface area (Å²) in [6, 6.07) is 3.85. The lowest BCUT2D eigenvalue weighted by atomic mass is 10.4. The molecule has 76 valence electrons. The molecule has 2 heterocycles. The number of fused-ring (bicyclic) bond motifs is 1. The number of rotatable bonds is 2. The van der Waals surface area contributed by atoms with Crippen LogP contribution in [0, 0.1) is 0 Å². The van der Waals surface area contributed by atoms with E-state index in [0.717, 1.165) is 23.4 Å². The predicted octanol–water partition coefficient (Wildman–Crippen LogP) is 0.891. The normalized spacial score (nSPS) is 10.1. The molecule has 2 N–H and O–H groups in total. The summed E-state index contributed by atoms with van der Waals surface area (Å²) in [5, 5.41) is 0. The lowest BCUT2D eigenvalue weighted by Crippen LogP contribution is -2.07. The first-order valence-electron chi connectivity index (χ1n) is 4.29. The zero-order valence-electron chi connectivity index (χ0n) is 7.97. The van der Waals surface area contributed by atoms with Gasteiger partial charge in [-0.15, -0.1) is 12.4 Å². The third-order valence-corrected chi connectivity index (χ3v) is 2.09. The molecular formula is C9H13ClN4. The first kappa shape index (κ1) is 10.9. The highest BCUT2D eigenvalue weighted by atomic mass is 35.5. The minimum absolute atomic E-state index is 0. The molecule has 2 aromatic rings. The predicted molar refractivity (Wildman–Crippen MR) is 58.5 cm³/mol. The second kappa shape index (κ2) is 4.39. The van der Waals surface area contributed by atoms with Gasteiger partial charge in [0.05, 0.1) is 0 Å². The van der Waals surface area contributed by atoms with Crippen LogP contribution >= 0.6 is 12.4 Å². The van der Waals surface area contributed by atoms with Gasteiger partial charge in [0, 0.05) is 19.7 Å². The maximum absolute atomic E-state index is 5.48. The average Bonchev–Trinajstić information content (AvgIpc) is 2.46. The molecule has 2 aromatic heterocycles. The van der Waals surface area contributed by atoms with Crippen molar-refractivity contribution in [3.8, 4) is 0 Å². The van der Waals surface area contributed by atoms with Crippen LogP contribution in [0.5, 0.6) is 0 Å². The Balaban J connectivity index is 0.000000980. The van der Waals surface area contributed by atoms with Gasteiger partial charge in [0.1, 0.15) is 11.3 Å². The number of nitrogens with zero attached hydrogens (tertiary/aromatic N) is 3. The molecule has 14 heavy (non-hydrogen) atoms. The number of halogens is 1. The van der Waals surface area contributed by atoms with E-state index in [1.165, 1.54) is 0 Å². The molecule has 0 atom stereocenters. The molecule has 0 amide bonds. The minimum atomic E-state index is 0. The van der Waals surface area contributed by atoms with Crippen LogP contribution in [0.1, 0.15) is 5.82 Å². The first-order chi connectivity index (χ1) is 6.33. The Labute approximate surface area is 88.6 Å². The van der Waals surface area contributed by atoms with E-state index in [1.807, 2.05) is 23.7 Å². The van der Waals surface area contributed by atoms with Gasteiger partial charge < -0.3 is 10.3 Å². The molecule has 0 saturated carbocycles. The second-order valence-corrected chi connectivity index (χ2v) is 2.97. The molecule has 2 rings (SSSR count). The van der Waals surface area contributed by atoms with Crippen LogP contribution < -0.4 is 5.73 Å². The molecule has 0 aliphatic rings. The number of nitrogens with two attached hydrogens (primary N) is 1. The number of aromatic nitrogens is 3. The summed E-state index contributed by atoms with van der Waals surface area (Å²) < 4.78 is 1.99. The van der Waals surface area contributed by atoms with E-state index in [9.17, 15) is 0 Å². The number of aryl methyl sites for hydroxylation is 1. The van der Waals surface area contributed by atoms with Crippen LogP contribution in [0.15, 0.2) is 18.3 Å². The maximum atomic E-state index is 5.48. The Bertz CT molecular complexity index is 424. The van der Waals surface area contributed by atoms with Crippen LogP contribution in [0.4, 0.5) is 0 Å². The molecule has 0 aromatic carbocycles. The second-order valence-electron chi connectivity index (χ2n) is 2.97. The smallest absolute Gasteiger partial charge is 0.159 e. The largest absolute Gasteiger partial charge is 0.330 e. The Hall–Kier alpha value is -1.13. The third-order valence-electron chi connectivity index (χ3n) is 2.09. The van der Waals surface area contributed by atoms with Gasteiger partial charge in [-0.1, -0.05) is 0 Å². The van der Waals surface area contributed by atoms with Gasteiger partial charge >= 0.3 is 0 Å². The molecule has 0 saturated heterocycles. The number of hydrogen-bond donors (Lipinski definition) is 1. The zero-order valence-corrected chi connectivity index (χ0v) is 8.79. The Morgan fingerprint density at radius 3 is 2.93 bits per heavy atom. The maximum Gasteiger partial charge on any atom is 0.159 e. The Kier molecular flexibility index (Phi) is 3.43. The van der Waals surface area contributed by atoms with E-state index in [-0.39, 0.29) is 12.4 Å². The van der Waals surface area contributed by atoms with Crippen LogP contribution in [0.25, 0.3) is 11.2 Å². The van der Waals surface area contributed by atoms with Crippen LogP contribution in [0.3, 0.4) is 0 Å². The van der Waals surface area contributed by atoms with Gasteiger partial charge in [0.15, 0.2) is 5.65 Å². The van der Waals surface area contributed by atoms with E-state index in [4.69, 9.17) is 5.73 Å². The van der Waals surface area contributed by atoms with Gasteiger partial charge in [-0.05, 0) is 18.7 Å². The standard InChI is InChI=1S/C9H12N4.ClH/c1-13-8(4-5-10)12-7-3-2-6-11-9(7)13;/h2-3,6H,4-5,10H2,1H3;1H. The SMILES string of the molecule is Cl.Cn1c(CCN)nc2cccnc21. The molecule has 0 radical (unpaired) electrons. The van der Waals surface area contributed by atoms with Crippen molar-refractivity contribution in [2.75, 3.05) is 6.54 Å². The van der Waals surface area contributed by atoms with Crippen LogP contribution in [0.2, 0.25) is 0 Å². The van der Waals surface area contributed by atoms with E-state index >= 15 is 0 Å². The van der Waals surface area contributed by atoms with E-state index in [2.05, 4.69) is 9.97 Å².